The van der Waals surface area contributed by atoms with Crippen LogP contribution in [0.5, 0.6) is 0 Å². The molecule has 3 rings (SSSR count). The summed E-state index contributed by atoms with van der Waals surface area (Å²) in [6.45, 7) is 2.60. The van der Waals surface area contributed by atoms with Crippen molar-refractivity contribution in [2.45, 2.75) is 19.4 Å². The highest BCUT2D eigenvalue weighted by molar-refractivity contribution is 9.10. The highest BCUT2D eigenvalue weighted by Gasteiger charge is 2.16. The zero-order valence-electron chi connectivity index (χ0n) is 9.43. The van der Waals surface area contributed by atoms with Crippen LogP contribution in [0.2, 0.25) is 0 Å². The first kappa shape index (κ1) is 11.0. The van der Waals surface area contributed by atoms with E-state index in [1.54, 1.807) is 0 Å². The Morgan fingerprint density at radius 3 is 2.76 bits per heavy atom. The summed E-state index contributed by atoms with van der Waals surface area (Å²) in [6, 6.07) is 4.02. The molecule has 17 heavy (non-hydrogen) atoms. The van der Waals surface area contributed by atoms with Crippen LogP contribution in [-0.2, 0) is 6.54 Å². The van der Waals surface area contributed by atoms with E-state index in [0.717, 1.165) is 34.9 Å². The van der Waals surface area contributed by atoms with Crippen LogP contribution in [0.3, 0.4) is 0 Å². The van der Waals surface area contributed by atoms with Crippen LogP contribution in [0.1, 0.15) is 18.5 Å². The lowest BCUT2D eigenvalue weighted by molar-refractivity contribution is 0.846. The second-order valence-electron chi connectivity index (χ2n) is 4.21. The van der Waals surface area contributed by atoms with Crippen molar-refractivity contribution in [3.05, 3.63) is 22.4 Å². The van der Waals surface area contributed by atoms with Gasteiger partial charge in [0.1, 0.15) is 10.4 Å². The molecule has 1 aliphatic rings. The first-order valence-electron chi connectivity index (χ1n) is 5.79. The third-order valence-electron chi connectivity index (χ3n) is 3.10. The molecule has 0 saturated carbocycles. The highest BCUT2D eigenvalue weighted by atomic mass is 79.9. The van der Waals surface area contributed by atoms with E-state index in [1.807, 2.05) is 16.6 Å². The van der Waals surface area contributed by atoms with Gasteiger partial charge in [-0.1, -0.05) is 0 Å². The predicted molar refractivity (Wildman–Crippen MR) is 70.0 cm³/mol. The van der Waals surface area contributed by atoms with Crippen LogP contribution in [0.4, 0.5) is 5.82 Å². The minimum Gasteiger partial charge on any atom is -0.355 e. The standard InChI is InChI=1S/C11H14BrN5/c12-11-8(7-13)14-9-3-4-10(15-17(9)11)16-5-1-2-6-16/h3-4H,1-2,5-7,13H2. The number of hydrogen-bond acceptors (Lipinski definition) is 4. The first-order valence-corrected chi connectivity index (χ1v) is 6.58. The maximum atomic E-state index is 5.63. The molecule has 6 heteroatoms. The predicted octanol–water partition coefficient (Wildman–Crippen LogP) is 1.55. The fourth-order valence-corrected chi connectivity index (χ4v) is 2.70. The Hall–Kier alpha value is -1.14. The van der Waals surface area contributed by atoms with Gasteiger partial charge in [0.05, 0.1) is 5.69 Å². The van der Waals surface area contributed by atoms with Crippen LogP contribution in [0.25, 0.3) is 5.65 Å². The smallest absolute Gasteiger partial charge is 0.155 e. The average molecular weight is 296 g/mol. The maximum Gasteiger partial charge on any atom is 0.155 e. The molecule has 0 aromatic carbocycles. The zero-order valence-corrected chi connectivity index (χ0v) is 11.0. The summed E-state index contributed by atoms with van der Waals surface area (Å²) in [4.78, 5) is 6.71. The number of nitrogens with two attached hydrogens (primary N) is 1. The fourth-order valence-electron chi connectivity index (χ4n) is 2.19. The summed E-state index contributed by atoms with van der Waals surface area (Å²) < 4.78 is 2.67. The van der Waals surface area contributed by atoms with Gasteiger partial charge in [-0.2, -0.15) is 0 Å². The van der Waals surface area contributed by atoms with Gasteiger partial charge in [0.25, 0.3) is 0 Å². The average Bonchev–Trinajstić information content (AvgIpc) is 2.97. The van der Waals surface area contributed by atoms with Crippen molar-refractivity contribution in [3.8, 4) is 0 Å². The van der Waals surface area contributed by atoms with Gasteiger partial charge in [-0.3, -0.25) is 0 Å². The molecule has 1 aliphatic heterocycles. The van der Waals surface area contributed by atoms with E-state index in [2.05, 4.69) is 30.9 Å². The van der Waals surface area contributed by atoms with E-state index in [9.17, 15) is 0 Å². The van der Waals surface area contributed by atoms with Crippen molar-refractivity contribution >= 4 is 27.4 Å². The van der Waals surface area contributed by atoms with Crippen molar-refractivity contribution in [1.29, 1.82) is 0 Å². The molecule has 0 spiro atoms. The monoisotopic (exact) mass is 295 g/mol. The fraction of sp³-hybridized carbons (Fsp3) is 0.455. The Bertz CT molecular complexity index is 544. The molecule has 0 unspecified atom stereocenters. The lowest BCUT2D eigenvalue weighted by atomic mass is 10.4. The molecule has 5 nitrogen and oxygen atoms in total. The van der Waals surface area contributed by atoms with Crippen molar-refractivity contribution in [3.63, 3.8) is 0 Å². The summed E-state index contributed by atoms with van der Waals surface area (Å²) in [5.41, 5.74) is 7.31. The summed E-state index contributed by atoms with van der Waals surface area (Å²) >= 11 is 3.49. The maximum absolute atomic E-state index is 5.63. The summed E-state index contributed by atoms with van der Waals surface area (Å²) in [5.74, 6) is 1.01. The summed E-state index contributed by atoms with van der Waals surface area (Å²) in [6.07, 6.45) is 2.50. The van der Waals surface area contributed by atoms with Gasteiger partial charge < -0.3 is 10.6 Å². The third-order valence-corrected chi connectivity index (χ3v) is 3.89. The molecule has 90 valence electrons. The largest absolute Gasteiger partial charge is 0.355 e. The van der Waals surface area contributed by atoms with Crippen LogP contribution in [0, 0.1) is 0 Å². The van der Waals surface area contributed by atoms with Gasteiger partial charge in [0.2, 0.25) is 0 Å². The second kappa shape index (κ2) is 4.27. The number of halogens is 1. The zero-order chi connectivity index (χ0) is 11.8. The number of aromatic nitrogens is 3. The Balaban J connectivity index is 2.08. The molecular weight excluding hydrogens is 282 g/mol. The summed E-state index contributed by atoms with van der Waals surface area (Å²) in [7, 11) is 0. The molecule has 2 aromatic rings. The lowest BCUT2D eigenvalue weighted by Gasteiger charge is -2.15. The van der Waals surface area contributed by atoms with Crippen molar-refractivity contribution in [1.82, 2.24) is 14.6 Å². The molecule has 0 atom stereocenters. The molecule has 2 aromatic heterocycles. The van der Waals surface area contributed by atoms with Crippen LogP contribution in [0.15, 0.2) is 16.7 Å². The lowest BCUT2D eigenvalue weighted by Crippen LogP contribution is -2.19. The van der Waals surface area contributed by atoms with E-state index in [1.165, 1.54) is 12.8 Å². The number of fused-ring (bicyclic) bond motifs is 1. The Morgan fingerprint density at radius 2 is 2.06 bits per heavy atom. The molecular formula is C11H14BrN5. The first-order chi connectivity index (χ1) is 8.29. The topological polar surface area (TPSA) is 59.5 Å². The minimum atomic E-state index is 0.420. The Morgan fingerprint density at radius 1 is 1.29 bits per heavy atom. The molecule has 1 fully saturated rings. The van der Waals surface area contributed by atoms with E-state index >= 15 is 0 Å². The van der Waals surface area contributed by atoms with E-state index in [-0.39, 0.29) is 0 Å². The molecule has 0 aliphatic carbocycles. The van der Waals surface area contributed by atoms with Crippen LogP contribution in [-0.4, -0.2) is 27.7 Å². The third kappa shape index (κ3) is 1.81. The number of anilines is 1. The molecule has 2 N–H and O–H groups in total. The van der Waals surface area contributed by atoms with Crippen molar-refractivity contribution < 1.29 is 0 Å². The summed E-state index contributed by atoms with van der Waals surface area (Å²) in [5, 5.41) is 4.60. The molecule has 3 heterocycles. The number of nitrogens with zero attached hydrogens (tertiary/aromatic N) is 4. The van der Waals surface area contributed by atoms with E-state index < -0.39 is 0 Å². The van der Waals surface area contributed by atoms with Gasteiger partial charge in [-0.25, -0.2) is 9.50 Å². The van der Waals surface area contributed by atoms with Gasteiger partial charge >= 0.3 is 0 Å². The second-order valence-corrected chi connectivity index (χ2v) is 4.96. The Labute approximate surface area is 108 Å². The number of hydrogen-bond donors (Lipinski definition) is 1. The van der Waals surface area contributed by atoms with Crippen LogP contribution >= 0.6 is 15.9 Å². The minimum absolute atomic E-state index is 0.420. The van der Waals surface area contributed by atoms with Crippen molar-refractivity contribution in [2.24, 2.45) is 5.73 Å². The Kier molecular flexibility index (Phi) is 2.76. The number of rotatable bonds is 2. The molecule has 0 amide bonds. The SMILES string of the molecule is NCc1nc2ccc(N3CCCC3)nn2c1Br. The normalized spacial score (nSPS) is 16.0. The van der Waals surface area contributed by atoms with E-state index in [4.69, 9.17) is 5.73 Å². The van der Waals surface area contributed by atoms with E-state index in [0.29, 0.717) is 6.54 Å². The van der Waals surface area contributed by atoms with Crippen molar-refractivity contribution in [2.75, 3.05) is 18.0 Å². The molecule has 1 saturated heterocycles. The van der Waals surface area contributed by atoms with Gasteiger partial charge in [0, 0.05) is 19.6 Å². The molecule has 0 bridgehead atoms. The van der Waals surface area contributed by atoms with Gasteiger partial charge in [0.15, 0.2) is 5.65 Å². The number of imidazole rings is 1. The van der Waals surface area contributed by atoms with Gasteiger partial charge in [-0.15, -0.1) is 5.10 Å². The van der Waals surface area contributed by atoms with Gasteiger partial charge in [-0.05, 0) is 40.9 Å². The van der Waals surface area contributed by atoms with Crippen LogP contribution < -0.4 is 10.6 Å². The molecule has 0 radical (unpaired) electrons. The highest BCUT2D eigenvalue weighted by Crippen LogP contribution is 2.22. The quantitative estimate of drug-likeness (QED) is 0.913.